The zero-order valence-corrected chi connectivity index (χ0v) is 8.78. The number of aliphatic hydroxyl groups is 2. The Kier molecular flexibility index (Phi) is 3.13. The Morgan fingerprint density at radius 3 is 1.93 bits per heavy atom. The van der Waals surface area contributed by atoms with Gasteiger partial charge in [-0.25, -0.2) is 0 Å². The second-order valence-corrected chi connectivity index (χ2v) is 3.65. The van der Waals surface area contributed by atoms with Crippen molar-refractivity contribution in [2.45, 2.75) is 33.0 Å². The summed E-state index contributed by atoms with van der Waals surface area (Å²) in [5, 5.41) is 19.2. The molecular weight excluding hydrogens is 178 g/mol. The van der Waals surface area contributed by atoms with E-state index in [-0.39, 0.29) is 0 Å². The van der Waals surface area contributed by atoms with E-state index < -0.39 is 12.2 Å². The van der Waals surface area contributed by atoms with Crippen molar-refractivity contribution in [2.24, 2.45) is 0 Å². The summed E-state index contributed by atoms with van der Waals surface area (Å²) in [6.07, 6.45) is -1.26. The van der Waals surface area contributed by atoms with Gasteiger partial charge in [-0.15, -0.1) is 0 Å². The van der Waals surface area contributed by atoms with Crippen LogP contribution in [0.15, 0.2) is 12.1 Å². The molecule has 1 aromatic carbocycles. The number of nitrogens with two attached hydrogens (primary N) is 1. The molecule has 0 heterocycles. The lowest BCUT2D eigenvalue weighted by Gasteiger charge is -2.19. The second-order valence-electron chi connectivity index (χ2n) is 3.65. The Balaban J connectivity index is 3.42. The first-order chi connectivity index (χ1) is 6.45. The first kappa shape index (κ1) is 11.0. The summed E-state index contributed by atoms with van der Waals surface area (Å²) in [6.45, 7) is 5.22. The van der Waals surface area contributed by atoms with Crippen LogP contribution >= 0.6 is 0 Å². The van der Waals surface area contributed by atoms with Crippen LogP contribution in [-0.4, -0.2) is 10.2 Å². The molecule has 0 aliphatic carbocycles. The summed E-state index contributed by atoms with van der Waals surface area (Å²) in [4.78, 5) is 0. The number of anilines is 1. The fourth-order valence-corrected chi connectivity index (χ4v) is 1.78. The maximum Gasteiger partial charge on any atom is 0.0785 e. The molecule has 0 aromatic heterocycles. The normalized spacial score (nSPS) is 15.2. The highest BCUT2D eigenvalue weighted by molar-refractivity contribution is 5.55. The molecule has 0 fully saturated rings. The van der Waals surface area contributed by atoms with Gasteiger partial charge in [0.25, 0.3) is 0 Å². The fourth-order valence-electron chi connectivity index (χ4n) is 1.78. The Hall–Kier alpha value is -1.06. The van der Waals surface area contributed by atoms with Crippen LogP contribution in [0.1, 0.15) is 42.7 Å². The molecule has 14 heavy (non-hydrogen) atoms. The van der Waals surface area contributed by atoms with Gasteiger partial charge in [0.1, 0.15) is 0 Å². The number of benzene rings is 1. The summed E-state index contributed by atoms with van der Waals surface area (Å²) >= 11 is 0. The van der Waals surface area contributed by atoms with E-state index in [4.69, 9.17) is 5.73 Å². The van der Waals surface area contributed by atoms with Gasteiger partial charge in [-0.3, -0.25) is 0 Å². The molecule has 0 radical (unpaired) electrons. The Labute approximate surface area is 84.2 Å². The highest BCUT2D eigenvalue weighted by Gasteiger charge is 2.17. The number of rotatable bonds is 2. The SMILES string of the molecule is Cc1ccc(N)c(C(C)O)c1C(C)O. The molecule has 0 amide bonds. The van der Waals surface area contributed by atoms with E-state index in [0.29, 0.717) is 11.3 Å². The van der Waals surface area contributed by atoms with Crippen LogP contribution in [0.5, 0.6) is 0 Å². The maximum absolute atomic E-state index is 9.59. The average molecular weight is 195 g/mol. The molecule has 0 aliphatic heterocycles. The Bertz CT molecular complexity index is 299. The first-order valence-corrected chi connectivity index (χ1v) is 4.70. The molecule has 1 rings (SSSR count). The third-order valence-electron chi connectivity index (χ3n) is 2.37. The lowest BCUT2D eigenvalue weighted by atomic mass is 9.93. The van der Waals surface area contributed by atoms with Crippen LogP contribution in [0, 0.1) is 6.92 Å². The van der Waals surface area contributed by atoms with Crippen molar-refractivity contribution in [3.63, 3.8) is 0 Å². The van der Waals surface area contributed by atoms with Crippen LogP contribution in [0.4, 0.5) is 5.69 Å². The Morgan fingerprint density at radius 2 is 1.57 bits per heavy atom. The van der Waals surface area contributed by atoms with Crippen LogP contribution in [0.3, 0.4) is 0 Å². The molecule has 3 nitrogen and oxygen atoms in total. The number of hydrogen-bond acceptors (Lipinski definition) is 3. The van der Waals surface area contributed by atoms with Gasteiger partial charge in [-0.05, 0) is 38.0 Å². The molecule has 2 unspecified atom stereocenters. The summed E-state index contributed by atoms with van der Waals surface area (Å²) in [7, 11) is 0. The van der Waals surface area contributed by atoms with Gasteiger partial charge in [0.05, 0.1) is 12.2 Å². The Morgan fingerprint density at radius 1 is 1.07 bits per heavy atom. The lowest BCUT2D eigenvalue weighted by Crippen LogP contribution is -2.08. The smallest absolute Gasteiger partial charge is 0.0785 e. The minimum Gasteiger partial charge on any atom is -0.398 e. The quantitative estimate of drug-likeness (QED) is 0.629. The topological polar surface area (TPSA) is 66.5 Å². The zero-order valence-electron chi connectivity index (χ0n) is 8.78. The van der Waals surface area contributed by atoms with Gasteiger partial charge in [0.2, 0.25) is 0 Å². The minimum absolute atomic E-state index is 0.529. The molecule has 4 N–H and O–H groups in total. The van der Waals surface area contributed by atoms with Crippen molar-refractivity contribution in [1.29, 1.82) is 0 Å². The maximum atomic E-state index is 9.59. The van der Waals surface area contributed by atoms with Crippen LogP contribution in [0.25, 0.3) is 0 Å². The lowest BCUT2D eigenvalue weighted by molar-refractivity contribution is 0.175. The molecule has 2 atom stereocenters. The van der Waals surface area contributed by atoms with Crippen molar-refractivity contribution < 1.29 is 10.2 Å². The fraction of sp³-hybridized carbons (Fsp3) is 0.455. The molecule has 78 valence electrons. The summed E-state index contributed by atoms with van der Waals surface area (Å²) in [5.41, 5.74) is 8.61. The van der Waals surface area contributed by atoms with Crippen molar-refractivity contribution >= 4 is 5.69 Å². The number of aliphatic hydroxyl groups excluding tert-OH is 2. The van der Waals surface area contributed by atoms with E-state index in [1.807, 2.05) is 13.0 Å². The van der Waals surface area contributed by atoms with Crippen molar-refractivity contribution in [1.82, 2.24) is 0 Å². The summed E-state index contributed by atoms with van der Waals surface area (Å²) < 4.78 is 0. The highest BCUT2D eigenvalue weighted by atomic mass is 16.3. The second kappa shape index (κ2) is 3.98. The van der Waals surface area contributed by atoms with Crippen molar-refractivity contribution in [2.75, 3.05) is 5.73 Å². The summed E-state index contributed by atoms with van der Waals surface area (Å²) in [5.74, 6) is 0. The number of hydrogen-bond donors (Lipinski definition) is 3. The van der Waals surface area contributed by atoms with Gasteiger partial charge in [0, 0.05) is 11.3 Å². The van der Waals surface area contributed by atoms with Gasteiger partial charge < -0.3 is 15.9 Å². The predicted molar refractivity (Wildman–Crippen MR) is 56.9 cm³/mol. The van der Waals surface area contributed by atoms with Gasteiger partial charge in [-0.2, -0.15) is 0 Å². The van der Waals surface area contributed by atoms with Gasteiger partial charge in [-0.1, -0.05) is 6.07 Å². The number of nitrogen functional groups attached to an aromatic ring is 1. The molecule has 0 spiro atoms. The standard InChI is InChI=1S/C11H17NO2/c1-6-4-5-9(12)11(8(3)14)10(6)7(2)13/h4-5,7-8,13-14H,12H2,1-3H3. The van der Waals surface area contributed by atoms with E-state index >= 15 is 0 Å². The third kappa shape index (κ3) is 1.89. The molecule has 0 saturated carbocycles. The van der Waals surface area contributed by atoms with Crippen LogP contribution < -0.4 is 5.73 Å². The predicted octanol–water partition coefficient (Wildman–Crippen LogP) is 1.68. The van der Waals surface area contributed by atoms with Crippen LogP contribution in [0.2, 0.25) is 0 Å². The average Bonchev–Trinajstić information content (AvgIpc) is 2.07. The van der Waals surface area contributed by atoms with Gasteiger partial charge >= 0.3 is 0 Å². The molecule has 0 saturated heterocycles. The van der Waals surface area contributed by atoms with E-state index in [1.54, 1.807) is 19.9 Å². The van der Waals surface area contributed by atoms with E-state index in [1.165, 1.54) is 0 Å². The molecule has 0 aliphatic rings. The van der Waals surface area contributed by atoms with E-state index in [2.05, 4.69) is 0 Å². The first-order valence-electron chi connectivity index (χ1n) is 4.70. The monoisotopic (exact) mass is 195 g/mol. The van der Waals surface area contributed by atoms with Crippen molar-refractivity contribution in [3.8, 4) is 0 Å². The molecular formula is C11H17NO2. The summed E-state index contributed by atoms with van der Waals surface area (Å²) in [6, 6.07) is 3.60. The van der Waals surface area contributed by atoms with E-state index in [9.17, 15) is 10.2 Å². The van der Waals surface area contributed by atoms with Crippen LogP contribution in [-0.2, 0) is 0 Å². The van der Waals surface area contributed by atoms with Crippen molar-refractivity contribution in [3.05, 3.63) is 28.8 Å². The minimum atomic E-state index is -0.653. The number of aryl methyl sites for hydroxylation is 1. The zero-order chi connectivity index (χ0) is 10.9. The molecule has 0 bridgehead atoms. The largest absolute Gasteiger partial charge is 0.398 e. The highest BCUT2D eigenvalue weighted by Crippen LogP contribution is 2.31. The molecule has 1 aromatic rings. The van der Waals surface area contributed by atoms with E-state index in [0.717, 1.165) is 11.1 Å². The van der Waals surface area contributed by atoms with Gasteiger partial charge in [0.15, 0.2) is 0 Å². The third-order valence-corrected chi connectivity index (χ3v) is 2.37. The molecule has 3 heteroatoms.